The molecule has 1 saturated heterocycles. The van der Waals surface area contributed by atoms with E-state index in [1.165, 1.54) is 0 Å². The summed E-state index contributed by atoms with van der Waals surface area (Å²) >= 11 is 0. The van der Waals surface area contributed by atoms with Crippen LogP contribution >= 0.6 is 0 Å². The van der Waals surface area contributed by atoms with E-state index in [9.17, 15) is 9.18 Å². The number of carbonyl (C=O) groups excluding carboxylic acids is 1. The minimum Gasteiger partial charge on any atom is -0.457 e. The maximum absolute atomic E-state index is 13.9. The maximum atomic E-state index is 13.9. The Balaban J connectivity index is 1.60. The Labute approximate surface area is 147 Å². The number of amides is 1. The zero-order chi connectivity index (χ0) is 17.6. The van der Waals surface area contributed by atoms with Gasteiger partial charge < -0.3 is 15.0 Å². The number of nitrogens with zero attached hydrogens (tertiary/aromatic N) is 1. The molecule has 1 aliphatic rings. The van der Waals surface area contributed by atoms with Crippen molar-refractivity contribution in [2.24, 2.45) is 5.92 Å². The average Bonchev–Trinajstić information content (AvgIpc) is 2.64. The molecule has 0 radical (unpaired) electrons. The zero-order valence-electron chi connectivity index (χ0n) is 14.3. The summed E-state index contributed by atoms with van der Waals surface area (Å²) in [6, 6.07) is 16.9. The van der Waals surface area contributed by atoms with E-state index in [0.29, 0.717) is 18.7 Å². The normalized spacial score (nSPS) is 20.1. The highest BCUT2D eigenvalue weighted by Gasteiger charge is 2.28. The molecule has 4 nitrogen and oxygen atoms in total. The van der Waals surface area contributed by atoms with Crippen molar-refractivity contribution in [3.05, 3.63) is 54.6 Å². The van der Waals surface area contributed by atoms with E-state index in [4.69, 9.17) is 4.74 Å². The second kappa shape index (κ2) is 8.12. The lowest BCUT2D eigenvalue weighted by atomic mass is 9.92. The number of nitrogens with one attached hydrogen (secondary N) is 1. The summed E-state index contributed by atoms with van der Waals surface area (Å²) in [4.78, 5) is 14.0. The molecule has 1 heterocycles. The number of piperidine rings is 1. The predicted octanol–water partition coefficient (Wildman–Crippen LogP) is 3.78. The Morgan fingerprint density at radius 2 is 1.84 bits per heavy atom. The summed E-state index contributed by atoms with van der Waals surface area (Å²) in [6.07, 6.45) is -0.0144. The molecule has 0 spiro atoms. The Kier molecular flexibility index (Phi) is 5.66. The molecule has 1 N–H and O–H groups in total. The largest absolute Gasteiger partial charge is 0.457 e. The van der Waals surface area contributed by atoms with Crippen molar-refractivity contribution in [3.8, 4) is 11.5 Å². The van der Waals surface area contributed by atoms with Crippen LogP contribution in [-0.4, -0.2) is 32.2 Å². The fourth-order valence-electron chi connectivity index (χ4n) is 2.97. The lowest BCUT2D eigenvalue weighted by Crippen LogP contribution is -2.40. The van der Waals surface area contributed by atoms with Gasteiger partial charge in [-0.25, -0.2) is 4.39 Å². The Hall–Kier alpha value is -2.40. The van der Waals surface area contributed by atoms with Crippen LogP contribution in [-0.2, 0) is 4.79 Å². The molecular formula is C20H23FN2O2. The van der Waals surface area contributed by atoms with Crippen LogP contribution in [0.4, 0.5) is 10.1 Å². The number of para-hydroxylation sites is 1. The number of anilines is 1. The summed E-state index contributed by atoms with van der Waals surface area (Å²) in [5, 5.41) is 3.01. The van der Waals surface area contributed by atoms with Crippen molar-refractivity contribution in [3.63, 3.8) is 0 Å². The second-order valence-electron chi connectivity index (χ2n) is 6.33. The number of benzene rings is 2. The highest BCUT2D eigenvalue weighted by atomic mass is 19.1. The van der Waals surface area contributed by atoms with Crippen LogP contribution in [0.1, 0.15) is 12.8 Å². The van der Waals surface area contributed by atoms with Gasteiger partial charge in [-0.3, -0.25) is 4.79 Å². The number of hydrogen-bond acceptors (Lipinski definition) is 3. The quantitative estimate of drug-likeness (QED) is 0.899. The first kappa shape index (κ1) is 17.4. The van der Waals surface area contributed by atoms with E-state index in [0.717, 1.165) is 18.0 Å². The van der Waals surface area contributed by atoms with Crippen LogP contribution in [0.2, 0.25) is 0 Å². The lowest BCUT2D eigenvalue weighted by molar-refractivity contribution is -0.120. The van der Waals surface area contributed by atoms with E-state index in [-0.39, 0.29) is 18.2 Å². The molecule has 3 rings (SSSR count). The Morgan fingerprint density at radius 1 is 1.16 bits per heavy atom. The highest BCUT2D eigenvalue weighted by Crippen LogP contribution is 2.26. The van der Waals surface area contributed by atoms with Gasteiger partial charge in [-0.15, -0.1) is 0 Å². The van der Waals surface area contributed by atoms with Gasteiger partial charge in [0, 0.05) is 31.6 Å². The molecule has 2 aromatic carbocycles. The third kappa shape index (κ3) is 4.57. The molecule has 2 aromatic rings. The maximum Gasteiger partial charge on any atom is 0.227 e. The monoisotopic (exact) mass is 342 g/mol. The zero-order valence-corrected chi connectivity index (χ0v) is 14.3. The first-order valence-corrected chi connectivity index (χ1v) is 8.58. The number of carbonyl (C=O) groups is 1. The fraction of sp³-hybridized carbons (Fsp3) is 0.350. The van der Waals surface area contributed by atoms with E-state index in [1.807, 2.05) is 54.6 Å². The third-order valence-electron chi connectivity index (χ3n) is 4.56. The minimum atomic E-state index is -0.951. The number of rotatable bonds is 5. The van der Waals surface area contributed by atoms with Crippen molar-refractivity contribution in [2.45, 2.75) is 19.0 Å². The highest BCUT2D eigenvalue weighted by molar-refractivity contribution is 5.93. The van der Waals surface area contributed by atoms with Crippen molar-refractivity contribution >= 4 is 11.6 Å². The molecular weight excluding hydrogens is 319 g/mol. The van der Waals surface area contributed by atoms with E-state index in [2.05, 4.69) is 5.32 Å². The van der Waals surface area contributed by atoms with Crippen molar-refractivity contribution in [1.29, 1.82) is 0 Å². The van der Waals surface area contributed by atoms with Crippen LogP contribution in [0, 0.1) is 5.92 Å². The van der Waals surface area contributed by atoms with Crippen LogP contribution in [0.5, 0.6) is 11.5 Å². The molecule has 0 aliphatic carbocycles. The Morgan fingerprint density at radius 3 is 2.52 bits per heavy atom. The molecule has 0 bridgehead atoms. The second-order valence-corrected chi connectivity index (χ2v) is 6.33. The average molecular weight is 342 g/mol. The van der Waals surface area contributed by atoms with Crippen LogP contribution in [0.3, 0.4) is 0 Å². The summed E-state index contributed by atoms with van der Waals surface area (Å²) in [5.41, 5.74) is 0.773. The first-order valence-electron chi connectivity index (χ1n) is 8.58. The van der Waals surface area contributed by atoms with E-state index in [1.54, 1.807) is 11.9 Å². The van der Waals surface area contributed by atoms with Crippen molar-refractivity contribution in [2.75, 3.05) is 25.0 Å². The van der Waals surface area contributed by atoms with Crippen molar-refractivity contribution < 1.29 is 13.9 Å². The summed E-state index contributed by atoms with van der Waals surface area (Å²) in [6.45, 7) is 1.11. The van der Waals surface area contributed by atoms with Crippen molar-refractivity contribution in [1.82, 2.24) is 5.32 Å². The topological polar surface area (TPSA) is 41.6 Å². The predicted molar refractivity (Wildman–Crippen MR) is 96.9 cm³/mol. The molecule has 1 aliphatic heterocycles. The smallest absolute Gasteiger partial charge is 0.227 e. The Bertz CT molecular complexity index is 691. The van der Waals surface area contributed by atoms with Gasteiger partial charge in [0.1, 0.15) is 17.7 Å². The van der Waals surface area contributed by atoms with Gasteiger partial charge in [-0.2, -0.15) is 0 Å². The molecule has 25 heavy (non-hydrogen) atoms. The SMILES string of the molecule is CN(C(=O)CC1CCNCC1F)c1ccc(Oc2ccccc2)cc1. The standard InChI is InChI=1S/C20H23FN2O2/c1-23(20(24)13-15-11-12-22-14-19(15)21)16-7-9-18(10-8-16)25-17-5-3-2-4-6-17/h2-10,15,19,22H,11-14H2,1H3. The van der Waals surface area contributed by atoms with Gasteiger partial charge in [0.05, 0.1) is 0 Å². The number of halogens is 1. The van der Waals surface area contributed by atoms with Gasteiger partial charge in [0.15, 0.2) is 0 Å². The molecule has 0 saturated carbocycles. The molecule has 0 aromatic heterocycles. The fourth-order valence-corrected chi connectivity index (χ4v) is 2.97. The molecule has 1 fully saturated rings. The van der Waals surface area contributed by atoms with Gasteiger partial charge in [-0.05, 0) is 49.4 Å². The third-order valence-corrected chi connectivity index (χ3v) is 4.56. The minimum absolute atomic E-state index is 0.0636. The van der Waals surface area contributed by atoms with Crippen LogP contribution < -0.4 is 15.0 Å². The number of hydrogen-bond donors (Lipinski definition) is 1. The van der Waals surface area contributed by atoms with Gasteiger partial charge in [0.2, 0.25) is 5.91 Å². The summed E-state index contributed by atoms with van der Waals surface area (Å²) in [5.74, 6) is 1.21. The molecule has 1 amide bonds. The van der Waals surface area contributed by atoms with Gasteiger partial charge in [-0.1, -0.05) is 18.2 Å². The van der Waals surface area contributed by atoms with Gasteiger partial charge in [0.25, 0.3) is 0 Å². The van der Waals surface area contributed by atoms with Gasteiger partial charge >= 0.3 is 0 Å². The molecule has 2 unspecified atom stereocenters. The van der Waals surface area contributed by atoms with E-state index >= 15 is 0 Å². The molecule has 5 heteroatoms. The molecule has 132 valence electrons. The van der Waals surface area contributed by atoms with Crippen LogP contribution in [0.25, 0.3) is 0 Å². The lowest BCUT2D eigenvalue weighted by Gasteiger charge is -2.28. The van der Waals surface area contributed by atoms with E-state index < -0.39 is 6.17 Å². The summed E-state index contributed by atoms with van der Waals surface area (Å²) in [7, 11) is 1.73. The number of ether oxygens (including phenoxy) is 1. The van der Waals surface area contributed by atoms with Crippen LogP contribution in [0.15, 0.2) is 54.6 Å². The summed E-state index contributed by atoms with van der Waals surface area (Å²) < 4.78 is 19.6. The first-order chi connectivity index (χ1) is 12.1. The number of alkyl halides is 1. The molecule has 2 atom stereocenters.